The van der Waals surface area contributed by atoms with Crippen molar-refractivity contribution in [3.63, 3.8) is 0 Å². The normalized spacial score (nSPS) is 10.4. The minimum atomic E-state index is -0.00234. The van der Waals surface area contributed by atoms with E-state index in [9.17, 15) is 4.79 Å². The lowest BCUT2D eigenvalue weighted by Crippen LogP contribution is -2.15. The first-order valence-electron chi connectivity index (χ1n) is 6.82. The van der Waals surface area contributed by atoms with Crippen LogP contribution in [0.15, 0.2) is 41.3 Å². The van der Waals surface area contributed by atoms with Gasteiger partial charge >= 0.3 is 0 Å². The Balaban J connectivity index is 1.99. The maximum atomic E-state index is 12.1. The molecule has 2 aromatic rings. The molecular formula is C17H20N2OS. The number of benzene rings is 2. The van der Waals surface area contributed by atoms with Crippen LogP contribution in [0, 0.1) is 20.8 Å². The number of nitrogen functional groups attached to an aromatic ring is 1. The zero-order chi connectivity index (χ0) is 15.4. The topological polar surface area (TPSA) is 55.1 Å². The molecule has 0 bridgehead atoms. The van der Waals surface area contributed by atoms with Crippen molar-refractivity contribution in [1.29, 1.82) is 0 Å². The van der Waals surface area contributed by atoms with E-state index in [1.54, 1.807) is 0 Å². The fourth-order valence-corrected chi connectivity index (χ4v) is 3.07. The molecule has 0 aliphatic rings. The van der Waals surface area contributed by atoms with Crippen LogP contribution in [0.1, 0.15) is 16.7 Å². The van der Waals surface area contributed by atoms with Gasteiger partial charge in [0.05, 0.1) is 5.75 Å². The van der Waals surface area contributed by atoms with Gasteiger partial charge in [0.25, 0.3) is 0 Å². The lowest BCUT2D eigenvalue weighted by Gasteiger charge is -2.12. The number of carbonyl (C=O) groups excluding carboxylic acids is 1. The molecule has 2 rings (SSSR count). The number of hydrogen-bond donors (Lipinski definition) is 2. The molecule has 0 atom stereocenters. The second-order valence-electron chi connectivity index (χ2n) is 5.18. The average Bonchev–Trinajstić information content (AvgIpc) is 2.40. The smallest absolute Gasteiger partial charge is 0.234 e. The summed E-state index contributed by atoms with van der Waals surface area (Å²) < 4.78 is 0. The molecule has 3 nitrogen and oxygen atoms in total. The summed E-state index contributed by atoms with van der Waals surface area (Å²) in [5.41, 5.74) is 10.7. The van der Waals surface area contributed by atoms with Crippen molar-refractivity contribution in [2.45, 2.75) is 25.7 Å². The molecule has 1 amide bonds. The molecule has 110 valence electrons. The summed E-state index contributed by atoms with van der Waals surface area (Å²) in [6.07, 6.45) is 0. The number of anilines is 2. The molecule has 0 unspecified atom stereocenters. The number of nitrogens with one attached hydrogen (secondary N) is 1. The quantitative estimate of drug-likeness (QED) is 0.664. The van der Waals surface area contributed by atoms with E-state index < -0.39 is 0 Å². The van der Waals surface area contributed by atoms with E-state index >= 15 is 0 Å². The van der Waals surface area contributed by atoms with Gasteiger partial charge in [-0.3, -0.25) is 4.79 Å². The molecule has 4 heteroatoms. The zero-order valence-electron chi connectivity index (χ0n) is 12.6. The molecule has 0 fully saturated rings. The Morgan fingerprint density at radius 3 is 2.43 bits per heavy atom. The van der Waals surface area contributed by atoms with Gasteiger partial charge in [-0.25, -0.2) is 0 Å². The average molecular weight is 300 g/mol. The van der Waals surface area contributed by atoms with Gasteiger partial charge in [-0.05, 0) is 50.1 Å². The van der Waals surface area contributed by atoms with Crippen LogP contribution in [0.25, 0.3) is 0 Å². The summed E-state index contributed by atoms with van der Waals surface area (Å²) >= 11 is 1.48. The van der Waals surface area contributed by atoms with Crippen molar-refractivity contribution in [3.05, 3.63) is 53.1 Å². The Morgan fingerprint density at radius 1 is 1.14 bits per heavy atom. The highest BCUT2D eigenvalue weighted by Crippen LogP contribution is 2.24. The fourth-order valence-electron chi connectivity index (χ4n) is 2.31. The van der Waals surface area contributed by atoms with E-state index in [2.05, 4.69) is 24.4 Å². The molecule has 2 aromatic carbocycles. The number of carbonyl (C=O) groups is 1. The standard InChI is InChI=1S/C17H20N2OS/c1-11-7-12(2)17(13(3)8-11)19-16(20)10-21-15-6-4-5-14(18)9-15/h4-9H,10,18H2,1-3H3,(H,19,20). The highest BCUT2D eigenvalue weighted by atomic mass is 32.2. The van der Waals surface area contributed by atoms with E-state index in [1.165, 1.54) is 17.3 Å². The Morgan fingerprint density at radius 2 is 1.81 bits per heavy atom. The predicted molar refractivity (Wildman–Crippen MR) is 90.9 cm³/mol. The molecule has 0 spiro atoms. The first-order chi connectivity index (χ1) is 9.95. The minimum absolute atomic E-state index is 0.00234. The van der Waals surface area contributed by atoms with E-state index in [0.717, 1.165) is 21.7 Å². The van der Waals surface area contributed by atoms with Gasteiger partial charge in [0.1, 0.15) is 0 Å². The van der Waals surface area contributed by atoms with E-state index in [0.29, 0.717) is 11.4 Å². The first kappa shape index (κ1) is 15.4. The minimum Gasteiger partial charge on any atom is -0.399 e. The van der Waals surface area contributed by atoms with Gasteiger partial charge < -0.3 is 11.1 Å². The Bertz CT molecular complexity index is 645. The summed E-state index contributed by atoms with van der Waals surface area (Å²) in [6.45, 7) is 6.09. The second-order valence-corrected chi connectivity index (χ2v) is 6.23. The van der Waals surface area contributed by atoms with Crippen molar-refractivity contribution >= 4 is 29.0 Å². The fraction of sp³-hybridized carbons (Fsp3) is 0.235. The number of aryl methyl sites for hydroxylation is 3. The molecule has 0 saturated carbocycles. The third-order valence-corrected chi connectivity index (χ3v) is 4.16. The summed E-state index contributed by atoms with van der Waals surface area (Å²) in [5, 5.41) is 3.00. The van der Waals surface area contributed by atoms with Gasteiger partial charge in [0.15, 0.2) is 0 Å². The van der Waals surface area contributed by atoms with Crippen LogP contribution in [0.3, 0.4) is 0 Å². The summed E-state index contributed by atoms with van der Waals surface area (Å²) in [5.74, 6) is 0.369. The van der Waals surface area contributed by atoms with Gasteiger partial charge in [-0.2, -0.15) is 0 Å². The van der Waals surface area contributed by atoms with Gasteiger partial charge in [-0.15, -0.1) is 11.8 Å². The van der Waals surface area contributed by atoms with Crippen LogP contribution < -0.4 is 11.1 Å². The lowest BCUT2D eigenvalue weighted by atomic mass is 10.1. The SMILES string of the molecule is Cc1cc(C)c(NC(=O)CSc2cccc(N)c2)c(C)c1. The van der Waals surface area contributed by atoms with Crippen molar-refractivity contribution in [1.82, 2.24) is 0 Å². The van der Waals surface area contributed by atoms with Gasteiger partial charge in [-0.1, -0.05) is 23.8 Å². The third-order valence-electron chi connectivity index (χ3n) is 3.17. The Kier molecular flexibility index (Phi) is 4.91. The zero-order valence-corrected chi connectivity index (χ0v) is 13.4. The van der Waals surface area contributed by atoms with Crippen LogP contribution in [0.2, 0.25) is 0 Å². The Labute approximate surface area is 129 Å². The van der Waals surface area contributed by atoms with Crippen LogP contribution >= 0.6 is 11.8 Å². The molecule has 0 heterocycles. The Hall–Kier alpha value is -1.94. The second kappa shape index (κ2) is 6.68. The molecule has 0 saturated heterocycles. The predicted octanol–water partition coefficient (Wildman–Crippen LogP) is 3.92. The molecule has 0 aromatic heterocycles. The molecule has 21 heavy (non-hydrogen) atoms. The van der Waals surface area contributed by atoms with Crippen molar-refractivity contribution in [3.8, 4) is 0 Å². The van der Waals surface area contributed by atoms with Crippen LogP contribution in [0.5, 0.6) is 0 Å². The highest BCUT2D eigenvalue weighted by Gasteiger charge is 2.09. The first-order valence-corrected chi connectivity index (χ1v) is 7.80. The third kappa shape index (κ3) is 4.26. The summed E-state index contributed by atoms with van der Waals surface area (Å²) in [6, 6.07) is 11.7. The van der Waals surface area contributed by atoms with E-state index in [-0.39, 0.29) is 5.91 Å². The van der Waals surface area contributed by atoms with Gasteiger partial charge in [0, 0.05) is 16.3 Å². The molecule has 0 aliphatic carbocycles. The maximum Gasteiger partial charge on any atom is 0.234 e. The van der Waals surface area contributed by atoms with E-state index in [4.69, 9.17) is 5.73 Å². The summed E-state index contributed by atoms with van der Waals surface area (Å²) in [4.78, 5) is 13.1. The van der Waals surface area contributed by atoms with Gasteiger partial charge in [0.2, 0.25) is 5.91 Å². The molecular weight excluding hydrogens is 280 g/mol. The van der Waals surface area contributed by atoms with Crippen LogP contribution in [0.4, 0.5) is 11.4 Å². The van der Waals surface area contributed by atoms with E-state index in [1.807, 2.05) is 38.1 Å². The van der Waals surface area contributed by atoms with Crippen molar-refractivity contribution < 1.29 is 4.79 Å². The highest BCUT2D eigenvalue weighted by molar-refractivity contribution is 8.00. The van der Waals surface area contributed by atoms with Crippen LogP contribution in [-0.4, -0.2) is 11.7 Å². The van der Waals surface area contributed by atoms with Crippen molar-refractivity contribution in [2.75, 3.05) is 16.8 Å². The summed E-state index contributed by atoms with van der Waals surface area (Å²) in [7, 11) is 0. The van der Waals surface area contributed by atoms with Crippen LogP contribution in [-0.2, 0) is 4.79 Å². The number of rotatable bonds is 4. The number of hydrogen-bond acceptors (Lipinski definition) is 3. The molecule has 3 N–H and O–H groups in total. The largest absolute Gasteiger partial charge is 0.399 e. The molecule has 0 radical (unpaired) electrons. The monoisotopic (exact) mass is 300 g/mol. The number of nitrogens with two attached hydrogens (primary N) is 1. The lowest BCUT2D eigenvalue weighted by molar-refractivity contribution is -0.113. The molecule has 0 aliphatic heterocycles. The maximum absolute atomic E-state index is 12.1. The number of thioether (sulfide) groups is 1. The van der Waals surface area contributed by atoms with Crippen molar-refractivity contribution in [2.24, 2.45) is 0 Å². The number of amides is 1.